The van der Waals surface area contributed by atoms with Gasteiger partial charge >= 0.3 is 5.97 Å². The first-order valence-corrected chi connectivity index (χ1v) is 10.9. The average Bonchev–Trinajstić information content (AvgIpc) is 3.17. The number of hydrogen-bond acceptors (Lipinski definition) is 5. The predicted octanol–water partition coefficient (Wildman–Crippen LogP) is 3.05. The number of ether oxygens (including phenoxy) is 1. The SMILES string of the molecule is CS(=O)(=O)c1ccc(Cl)c(NC(=O)COC(=O)C[C@H]2C[C@@H]3CC[C@@H]2C3)c1. The molecule has 2 saturated carbocycles. The van der Waals surface area contributed by atoms with Gasteiger partial charge in [-0.15, -0.1) is 0 Å². The molecule has 2 aliphatic rings. The van der Waals surface area contributed by atoms with Crippen LogP contribution in [0.3, 0.4) is 0 Å². The first-order chi connectivity index (χ1) is 12.2. The van der Waals surface area contributed by atoms with E-state index in [-0.39, 0.29) is 21.6 Å². The predicted molar refractivity (Wildman–Crippen MR) is 97.7 cm³/mol. The highest BCUT2D eigenvalue weighted by Gasteiger charge is 2.40. The number of anilines is 1. The van der Waals surface area contributed by atoms with Crippen molar-refractivity contribution < 1.29 is 22.7 Å². The summed E-state index contributed by atoms with van der Waals surface area (Å²) in [6.45, 7) is -0.418. The van der Waals surface area contributed by atoms with Crippen LogP contribution in [0.25, 0.3) is 0 Å². The van der Waals surface area contributed by atoms with Gasteiger partial charge < -0.3 is 10.1 Å². The molecule has 0 saturated heterocycles. The Morgan fingerprint density at radius 2 is 2.04 bits per heavy atom. The highest BCUT2D eigenvalue weighted by Crippen LogP contribution is 2.49. The molecule has 142 valence electrons. The lowest BCUT2D eigenvalue weighted by molar-refractivity contribution is -0.148. The van der Waals surface area contributed by atoms with E-state index in [4.69, 9.17) is 16.3 Å². The summed E-state index contributed by atoms with van der Waals surface area (Å²) in [6.07, 6.45) is 6.19. The quantitative estimate of drug-likeness (QED) is 0.742. The molecule has 8 heteroatoms. The Hall–Kier alpha value is -1.60. The van der Waals surface area contributed by atoms with E-state index < -0.39 is 22.4 Å². The fourth-order valence-corrected chi connectivity index (χ4v) is 4.87. The third kappa shape index (κ3) is 4.57. The van der Waals surface area contributed by atoms with E-state index in [2.05, 4.69) is 5.32 Å². The second-order valence-corrected chi connectivity index (χ2v) is 9.68. The molecule has 0 unspecified atom stereocenters. The Bertz CT molecular complexity index is 823. The first-order valence-electron chi connectivity index (χ1n) is 8.67. The number of esters is 1. The van der Waals surface area contributed by atoms with Crippen molar-refractivity contribution in [2.24, 2.45) is 17.8 Å². The van der Waals surface area contributed by atoms with Crippen LogP contribution in [0.2, 0.25) is 5.02 Å². The van der Waals surface area contributed by atoms with E-state index in [0.717, 1.165) is 18.6 Å². The van der Waals surface area contributed by atoms with E-state index in [1.807, 2.05) is 0 Å². The topological polar surface area (TPSA) is 89.5 Å². The standard InChI is InChI=1S/C18H22ClNO5S/c1-26(23,24)14-4-5-15(19)16(9-14)20-17(21)10-25-18(22)8-13-7-11-2-3-12(13)6-11/h4-5,9,11-13H,2-3,6-8,10H2,1H3,(H,20,21)/t11-,12-,13-/m1/s1. The van der Waals surface area contributed by atoms with Crippen molar-refractivity contribution in [3.05, 3.63) is 23.2 Å². The molecule has 26 heavy (non-hydrogen) atoms. The molecule has 3 rings (SSSR count). The van der Waals surface area contributed by atoms with E-state index in [1.165, 1.54) is 37.5 Å². The third-order valence-corrected chi connectivity index (χ3v) is 6.76. The number of rotatable bonds is 6. The molecule has 2 aliphatic carbocycles. The van der Waals surface area contributed by atoms with Gasteiger partial charge in [-0.3, -0.25) is 9.59 Å². The van der Waals surface area contributed by atoms with Crippen LogP contribution in [0.15, 0.2) is 23.1 Å². The molecule has 1 aromatic carbocycles. The zero-order valence-electron chi connectivity index (χ0n) is 14.5. The van der Waals surface area contributed by atoms with E-state index in [1.54, 1.807) is 0 Å². The second-order valence-electron chi connectivity index (χ2n) is 7.26. The van der Waals surface area contributed by atoms with Crippen molar-refractivity contribution in [2.45, 2.75) is 37.0 Å². The number of sulfone groups is 1. The molecule has 0 heterocycles. The minimum Gasteiger partial charge on any atom is -0.456 e. The number of halogens is 1. The monoisotopic (exact) mass is 399 g/mol. The summed E-state index contributed by atoms with van der Waals surface area (Å²) >= 11 is 5.99. The van der Waals surface area contributed by atoms with Gasteiger partial charge in [0.05, 0.1) is 15.6 Å². The van der Waals surface area contributed by atoms with Crippen molar-refractivity contribution >= 4 is 39.0 Å². The normalized spacial score (nSPS) is 24.5. The number of fused-ring (bicyclic) bond motifs is 2. The van der Waals surface area contributed by atoms with E-state index in [9.17, 15) is 18.0 Å². The van der Waals surface area contributed by atoms with Crippen LogP contribution in [0.5, 0.6) is 0 Å². The van der Waals surface area contributed by atoms with Crippen LogP contribution in [-0.4, -0.2) is 33.2 Å². The van der Waals surface area contributed by atoms with Crippen LogP contribution in [0.4, 0.5) is 5.69 Å². The van der Waals surface area contributed by atoms with Gasteiger partial charge in [0.25, 0.3) is 5.91 Å². The molecule has 1 aromatic rings. The summed E-state index contributed by atoms with van der Waals surface area (Å²) in [5.41, 5.74) is 0.170. The molecule has 1 N–H and O–H groups in total. The van der Waals surface area contributed by atoms with E-state index in [0.29, 0.717) is 18.3 Å². The maximum Gasteiger partial charge on any atom is 0.306 e. The number of carbonyl (C=O) groups is 2. The molecule has 0 spiro atoms. The Morgan fingerprint density at radius 1 is 1.27 bits per heavy atom. The maximum absolute atomic E-state index is 12.0. The summed E-state index contributed by atoms with van der Waals surface area (Å²) in [4.78, 5) is 24.0. The summed E-state index contributed by atoms with van der Waals surface area (Å²) < 4.78 is 28.3. The fourth-order valence-electron chi connectivity index (χ4n) is 4.06. The first kappa shape index (κ1) is 19.2. The number of benzene rings is 1. The van der Waals surface area contributed by atoms with Gasteiger partial charge in [-0.05, 0) is 55.2 Å². The highest BCUT2D eigenvalue weighted by atomic mass is 35.5. The minimum atomic E-state index is -3.42. The number of carbonyl (C=O) groups excluding carboxylic acids is 2. The number of hydrogen-bond donors (Lipinski definition) is 1. The van der Waals surface area contributed by atoms with Crippen molar-refractivity contribution in [3.8, 4) is 0 Å². The Labute approximate surface area is 158 Å². The van der Waals surface area contributed by atoms with E-state index >= 15 is 0 Å². The lowest BCUT2D eigenvalue weighted by atomic mass is 9.86. The number of nitrogens with one attached hydrogen (secondary N) is 1. The van der Waals surface area contributed by atoms with Crippen molar-refractivity contribution in [1.29, 1.82) is 0 Å². The van der Waals surface area contributed by atoms with Gasteiger partial charge in [-0.1, -0.05) is 18.0 Å². The van der Waals surface area contributed by atoms with Crippen molar-refractivity contribution in [3.63, 3.8) is 0 Å². The summed E-state index contributed by atoms with van der Waals surface area (Å²) in [5, 5.41) is 2.69. The lowest BCUT2D eigenvalue weighted by Crippen LogP contribution is -2.23. The van der Waals surface area contributed by atoms with Gasteiger partial charge in [-0.2, -0.15) is 0 Å². The molecule has 0 radical (unpaired) electrons. The smallest absolute Gasteiger partial charge is 0.306 e. The molecule has 0 aliphatic heterocycles. The van der Waals surface area contributed by atoms with Crippen molar-refractivity contribution in [2.75, 3.05) is 18.2 Å². The minimum absolute atomic E-state index is 0.0467. The van der Waals surface area contributed by atoms with Gasteiger partial charge in [0.2, 0.25) is 0 Å². The molecule has 2 fully saturated rings. The van der Waals surface area contributed by atoms with Gasteiger partial charge in [0.15, 0.2) is 16.4 Å². The fraction of sp³-hybridized carbons (Fsp3) is 0.556. The summed E-state index contributed by atoms with van der Waals surface area (Å²) in [5.74, 6) is 0.835. The molecule has 1 amide bonds. The Morgan fingerprint density at radius 3 is 2.65 bits per heavy atom. The zero-order chi connectivity index (χ0) is 18.9. The summed E-state index contributed by atoms with van der Waals surface area (Å²) in [6, 6.07) is 4.05. The average molecular weight is 400 g/mol. The van der Waals surface area contributed by atoms with Gasteiger partial charge in [-0.25, -0.2) is 8.42 Å². The number of amides is 1. The largest absolute Gasteiger partial charge is 0.456 e. The maximum atomic E-state index is 12.0. The molecule has 2 bridgehead atoms. The van der Waals surface area contributed by atoms with Crippen LogP contribution >= 0.6 is 11.6 Å². The van der Waals surface area contributed by atoms with Gasteiger partial charge in [0.1, 0.15) is 0 Å². The molecular formula is C18H22ClNO5S. The third-order valence-electron chi connectivity index (χ3n) is 5.32. The second kappa shape index (κ2) is 7.56. The molecular weight excluding hydrogens is 378 g/mol. The Kier molecular flexibility index (Phi) is 5.58. The van der Waals surface area contributed by atoms with Crippen molar-refractivity contribution in [1.82, 2.24) is 0 Å². The van der Waals surface area contributed by atoms with Crippen LogP contribution in [0, 0.1) is 17.8 Å². The van der Waals surface area contributed by atoms with Crippen LogP contribution < -0.4 is 5.32 Å². The molecule has 0 aromatic heterocycles. The van der Waals surface area contributed by atoms with Crippen LogP contribution in [-0.2, 0) is 24.2 Å². The highest BCUT2D eigenvalue weighted by molar-refractivity contribution is 7.90. The van der Waals surface area contributed by atoms with Crippen LogP contribution in [0.1, 0.15) is 32.1 Å². The van der Waals surface area contributed by atoms with Gasteiger partial charge in [0, 0.05) is 12.7 Å². The summed E-state index contributed by atoms with van der Waals surface area (Å²) in [7, 11) is -3.42. The molecule has 3 atom stereocenters. The zero-order valence-corrected chi connectivity index (χ0v) is 16.1. The molecule has 6 nitrogen and oxygen atoms in total. The lowest BCUT2D eigenvalue weighted by Gasteiger charge is -2.20. The Balaban J connectivity index is 1.50.